The third-order valence-electron chi connectivity index (χ3n) is 2.89. The summed E-state index contributed by atoms with van der Waals surface area (Å²) >= 11 is 0. The van der Waals surface area contributed by atoms with Gasteiger partial charge in [0, 0.05) is 19.2 Å². The summed E-state index contributed by atoms with van der Waals surface area (Å²) in [6, 6.07) is 0.744. The summed E-state index contributed by atoms with van der Waals surface area (Å²) in [5.74, 6) is 0.0984. The molecule has 0 radical (unpaired) electrons. The zero-order chi connectivity index (χ0) is 10.2. The van der Waals surface area contributed by atoms with Gasteiger partial charge in [-0.2, -0.15) is 0 Å². The van der Waals surface area contributed by atoms with Gasteiger partial charge in [-0.3, -0.25) is 4.79 Å². The Morgan fingerprint density at radius 1 is 1.38 bits per heavy atom. The molecule has 1 rings (SSSR count). The van der Waals surface area contributed by atoms with Crippen LogP contribution >= 0.6 is 0 Å². The molecule has 0 aromatic heterocycles. The Hall–Kier alpha value is -0.570. The third kappa shape index (κ3) is 1.70. The van der Waals surface area contributed by atoms with E-state index in [1.54, 1.807) is 7.11 Å². The highest BCUT2D eigenvalue weighted by Crippen LogP contribution is 2.28. The zero-order valence-electron chi connectivity index (χ0n) is 9.13. The van der Waals surface area contributed by atoms with Crippen molar-refractivity contribution in [2.75, 3.05) is 7.11 Å². The predicted octanol–water partition coefficient (Wildman–Crippen LogP) is 1.42. The summed E-state index contributed by atoms with van der Waals surface area (Å²) in [5.41, 5.74) is -0.678. The maximum absolute atomic E-state index is 11.9. The second kappa shape index (κ2) is 3.29. The topological polar surface area (TPSA) is 29.5 Å². The molecular formula is C10H19NO2. The lowest BCUT2D eigenvalue weighted by molar-refractivity contribution is -0.163. The minimum absolute atomic E-state index is 0.0984. The van der Waals surface area contributed by atoms with E-state index in [1.807, 2.05) is 18.7 Å². The van der Waals surface area contributed by atoms with Crippen molar-refractivity contribution in [2.45, 2.75) is 51.8 Å². The largest absolute Gasteiger partial charge is 0.369 e. The SMILES string of the molecule is COC(C)(C)C(=O)N1C(C)CC1C. The molecule has 0 spiro atoms. The predicted molar refractivity (Wildman–Crippen MR) is 51.5 cm³/mol. The molecule has 1 aliphatic heterocycles. The molecule has 0 bridgehead atoms. The molecule has 1 heterocycles. The molecule has 3 nitrogen and oxygen atoms in total. The van der Waals surface area contributed by atoms with Crippen molar-refractivity contribution >= 4 is 5.91 Å². The number of carbonyl (C=O) groups excluding carboxylic acids is 1. The van der Waals surface area contributed by atoms with Crippen LogP contribution in [0.25, 0.3) is 0 Å². The number of rotatable bonds is 2. The first-order chi connectivity index (χ1) is 5.90. The summed E-state index contributed by atoms with van der Waals surface area (Å²) in [4.78, 5) is 13.8. The molecule has 1 amide bonds. The third-order valence-corrected chi connectivity index (χ3v) is 2.89. The van der Waals surface area contributed by atoms with Gasteiger partial charge in [-0.05, 0) is 34.1 Å². The van der Waals surface area contributed by atoms with Crippen molar-refractivity contribution in [3.63, 3.8) is 0 Å². The number of hydrogen-bond donors (Lipinski definition) is 0. The van der Waals surface area contributed by atoms with Gasteiger partial charge >= 0.3 is 0 Å². The van der Waals surface area contributed by atoms with Crippen molar-refractivity contribution in [2.24, 2.45) is 0 Å². The van der Waals surface area contributed by atoms with Crippen LogP contribution in [0.3, 0.4) is 0 Å². The number of amides is 1. The number of likely N-dealkylation sites (tertiary alicyclic amines) is 1. The zero-order valence-corrected chi connectivity index (χ0v) is 9.13. The number of hydrogen-bond acceptors (Lipinski definition) is 2. The Labute approximate surface area is 80.1 Å². The van der Waals surface area contributed by atoms with Crippen molar-refractivity contribution < 1.29 is 9.53 Å². The summed E-state index contributed by atoms with van der Waals surface area (Å²) in [7, 11) is 1.58. The van der Waals surface area contributed by atoms with Crippen LogP contribution in [0.1, 0.15) is 34.1 Å². The van der Waals surface area contributed by atoms with Crippen molar-refractivity contribution in [3.8, 4) is 0 Å². The minimum atomic E-state index is -0.678. The summed E-state index contributed by atoms with van der Waals surface area (Å²) in [6.45, 7) is 7.77. The fourth-order valence-electron chi connectivity index (χ4n) is 1.82. The molecule has 3 heteroatoms. The first-order valence-corrected chi connectivity index (χ1v) is 4.78. The molecule has 0 aromatic rings. The van der Waals surface area contributed by atoms with E-state index in [4.69, 9.17) is 4.74 Å². The van der Waals surface area contributed by atoms with Crippen molar-refractivity contribution in [1.29, 1.82) is 0 Å². The molecule has 0 N–H and O–H groups in total. The van der Waals surface area contributed by atoms with E-state index < -0.39 is 5.60 Å². The Morgan fingerprint density at radius 3 is 2.15 bits per heavy atom. The van der Waals surface area contributed by atoms with Gasteiger partial charge in [0.15, 0.2) is 0 Å². The van der Waals surface area contributed by atoms with Crippen LogP contribution in [0.4, 0.5) is 0 Å². The summed E-state index contributed by atoms with van der Waals surface area (Å²) < 4.78 is 5.16. The van der Waals surface area contributed by atoms with Gasteiger partial charge in [0.05, 0.1) is 0 Å². The van der Waals surface area contributed by atoms with Crippen LogP contribution < -0.4 is 0 Å². The van der Waals surface area contributed by atoms with Gasteiger partial charge in [-0.25, -0.2) is 0 Å². The lowest BCUT2D eigenvalue weighted by atomic mass is 9.92. The second-order valence-electron chi connectivity index (χ2n) is 4.36. The average molecular weight is 185 g/mol. The number of methoxy groups -OCH3 is 1. The maximum atomic E-state index is 11.9. The fourth-order valence-corrected chi connectivity index (χ4v) is 1.82. The van der Waals surface area contributed by atoms with Crippen LogP contribution in [0.2, 0.25) is 0 Å². The molecule has 76 valence electrons. The Morgan fingerprint density at radius 2 is 1.85 bits per heavy atom. The Balaban J connectivity index is 2.67. The lowest BCUT2D eigenvalue weighted by Gasteiger charge is -2.48. The molecule has 13 heavy (non-hydrogen) atoms. The number of ether oxygens (including phenoxy) is 1. The molecule has 0 saturated carbocycles. The van der Waals surface area contributed by atoms with Gasteiger partial charge in [-0.15, -0.1) is 0 Å². The molecule has 0 aromatic carbocycles. The average Bonchev–Trinajstić information content (AvgIpc) is 2.04. The quantitative estimate of drug-likeness (QED) is 0.651. The Kier molecular flexibility index (Phi) is 2.66. The molecular weight excluding hydrogens is 166 g/mol. The van der Waals surface area contributed by atoms with Crippen LogP contribution in [0.15, 0.2) is 0 Å². The number of nitrogens with zero attached hydrogens (tertiary/aromatic N) is 1. The van der Waals surface area contributed by atoms with Crippen LogP contribution in [-0.4, -0.2) is 35.6 Å². The standard InChI is InChI=1S/C10H19NO2/c1-7-6-8(2)11(7)9(12)10(3,4)13-5/h7-8H,6H2,1-5H3. The van der Waals surface area contributed by atoms with Gasteiger partial charge < -0.3 is 9.64 Å². The maximum Gasteiger partial charge on any atom is 0.254 e. The highest BCUT2D eigenvalue weighted by atomic mass is 16.5. The number of carbonyl (C=O) groups is 1. The van der Waals surface area contributed by atoms with E-state index >= 15 is 0 Å². The Bertz CT molecular complexity index is 205. The first kappa shape index (κ1) is 10.5. The van der Waals surface area contributed by atoms with E-state index in [-0.39, 0.29) is 5.91 Å². The van der Waals surface area contributed by atoms with Gasteiger partial charge in [0.2, 0.25) is 0 Å². The smallest absolute Gasteiger partial charge is 0.254 e. The highest BCUT2D eigenvalue weighted by molar-refractivity contribution is 5.85. The molecule has 2 unspecified atom stereocenters. The van der Waals surface area contributed by atoms with E-state index in [0.29, 0.717) is 12.1 Å². The van der Waals surface area contributed by atoms with Crippen molar-refractivity contribution in [1.82, 2.24) is 4.90 Å². The van der Waals surface area contributed by atoms with Crippen LogP contribution in [0, 0.1) is 0 Å². The van der Waals surface area contributed by atoms with Crippen LogP contribution in [-0.2, 0) is 9.53 Å². The van der Waals surface area contributed by atoms with Gasteiger partial charge in [-0.1, -0.05) is 0 Å². The summed E-state index contributed by atoms with van der Waals surface area (Å²) in [5, 5.41) is 0. The van der Waals surface area contributed by atoms with Crippen LogP contribution in [0.5, 0.6) is 0 Å². The van der Waals surface area contributed by atoms with Crippen molar-refractivity contribution in [3.05, 3.63) is 0 Å². The van der Waals surface area contributed by atoms with E-state index in [2.05, 4.69) is 13.8 Å². The normalized spacial score (nSPS) is 28.5. The molecule has 1 fully saturated rings. The van der Waals surface area contributed by atoms with E-state index in [9.17, 15) is 4.79 Å². The molecule has 1 aliphatic rings. The van der Waals surface area contributed by atoms with Gasteiger partial charge in [0.1, 0.15) is 5.60 Å². The molecule has 1 saturated heterocycles. The lowest BCUT2D eigenvalue weighted by Crippen LogP contribution is -2.61. The summed E-state index contributed by atoms with van der Waals surface area (Å²) in [6.07, 6.45) is 1.10. The molecule has 0 aliphatic carbocycles. The minimum Gasteiger partial charge on any atom is -0.369 e. The highest BCUT2D eigenvalue weighted by Gasteiger charge is 2.42. The fraction of sp³-hybridized carbons (Fsp3) is 0.900. The van der Waals surface area contributed by atoms with Gasteiger partial charge in [0.25, 0.3) is 5.91 Å². The second-order valence-corrected chi connectivity index (χ2v) is 4.36. The molecule has 2 atom stereocenters. The monoisotopic (exact) mass is 185 g/mol. The van der Waals surface area contributed by atoms with E-state index in [0.717, 1.165) is 6.42 Å². The van der Waals surface area contributed by atoms with E-state index in [1.165, 1.54) is 0 Å². The first-order valence-electron chi connectivity index (χ1n) is 4.78.